The Morgan fingerprint density at radius 3 is 2.60 bits per heavy atom. The number of benzene rings is 1. The van der Waals surface area contributed by atoms with Crippen LogP contribution in [0.2, 0.25) is 0 Å². The second-order valence-corrected chi connectivity index (χ2v) is 10.7. The van der Waals surface area contributed by atoms with E-state index in [1.165, 1.54) is 23.5 Å². The van der Waals surface area contributed by atoms with E-state index in [0.29, 0.717) is 27.6 Å². The van der Waals surface area contributed by atoms with Gasteiger partial charge in [0.1, 0.15) is 16.5 Å². The number of hydrogen-bond acceptors (Lipinski definition) is 8. The lowest BCUT2D eigenvalue weighted by atomic mass is 10.1. The highest BCUT2D eigenvalue weighted by Gasteiger charge is 2.26. The number of halogens is 1. The third-order valence-electron chi connectivity index (χ3n) is 7.00. The second kappa shape index (κ2) is 9.85. The highest BCUT2D eigenvalue weighted by atomic mass is 32.1. The van der Waals surface area contributed by atoms with Crippen LogP contribution in [0.1, 0.15) is 27.1 Å². The molecule has 1 aromatic carbocycles. The Morgan fingerprint density at radius 2 is 1.85 bits per heavy atom. The summed E-state index contributed by atoms with van der Waals surface area (Å²) in [5.74, 6) is -0.330. The van der Waals surface area contributed by atoms with Crippen molar-refractivity contribution >= 4 is 22.8 Å². The van der Waals surface area contributed by atoms with E-state index in [2.05, 4.69) is 29.8 Å². The molecular weight excluding hydrogens is 527 g/mol. The summed E-state index contributed by atoms with van der Waals surface area (Å²) < 4.78 is 17.4. The summed E-state index contributed by atoms with van der Waals surface area (Å²) in [4.78, 5) is 31.8. The van der Waals surface area contributed by atoms with Gasteiger partial charge in [-0.1, -0.05) is 0 Å². The number of imidazole rings is 2. The number of Topliss-reactive ketones (excluding diaryl/α,β-unsaturated/α-hetero) is 1. The van der Waals surface area contributed by atoms with Crippen molar-refractivity contribution in [3.8, 4) is 33.2 Å². The summed E-state index contributed by atoms with van der Waals surface area (Å²) in [6.07, 6.45) is 7.18. The van der Waals surface area contributed by atoms with Gasteiger partial charge in [0.2, 0.25) is 0 Å². The van der Waals surface area contributed by atoms with Crippen molar-refractivity contribution < 1.29 is 9.18 Å². The average Bonchev–Trinajstić information content (AvgIpc) is 3.65. The standard InChI is InChI=1S/C29H23FN8OS/c1-17-28(40-29(34-17)19-8-10-31-11-9-19)24(39)12-21-15-38-25(35-21)7-6-23(36-38)27-26(18-2-4-20(30)5-3-18)33-16-37(27)22-13-32-14-22/h2-11,15-16,22,32H,12-14H2,1H3. The molecule has 1 aliphatic heterocycles. The maximum absolute atomic E-state index is 13.6. The first-order chi connectivity index (χ1) is 19.5. The fraction of sp³-hybridized carbons (Fsp3) is 0.172. The molecule has 6 heterocycles. The van der Waals surface area contributed by atoms with Crippen LogP contribution in [0.25, 0.3) is 38.9 Å². The second-order valence-electron chi connectivity index (χ2n) is 9.69. The summed E-state index contributed by atoms with van der Waals surface area (Å²) in [7, 11) is 0. The minimum atomic E-state index is -0.296. The number of nitrogens with one attached hydrogen (secondary N) is 1. The van der Waals surface area contributed by atoms with E-state index in [-0.39, 0.29) is 24.1 Å². The van der Waals surface area contributed by atoms with E-state index < -0.39 is 0 Å². The number of fused-ring (bicyclic) bond motifs is 1. The van der Waals surface area contributed by atoms with Crippen molar-refractivity contribution in [2.75, 3.05) is 13.1 Å². The molecule has 0 bridgehead atoms. The Morgan fingerprint density at radius 1 is 1.05 bits per heavy atom. The number of pyridine rings is 1. The van der Waals surface area contributed by atoms with Gasteiger partial charge in [0.25, 0.3) is 0 Å². The van der Waals surface area contributed by atoms with E-state index >= 15 is 0 Å². The zero-order chi connectivity index (χ0) is 27.2. The van der Waals surface area contributed by atoms with Gasteiger partial charge >= 0.3 is 0 Å². The SMILES string of the molecule is Cc1nc(-c2ccncc2)sc1C(=O)Cc1cn2nc(-c3c(-c4ccc(F)cc4)ncn3C3CNC3)ccc2n1. The largest absolute Gasteiger partial charge is 0.323 e. The number of thiazole rings is 1. The summed E-state index contributed by atoms with van der Waals surface area (Å²) >= 11 is 1.38. The Labute approximate surface area is 232 Å². The van der Waals surface area contributed by atoms with Crippen LogP contribution in [-0.2, 0) is 6.42 Å². The van der Waals surface area contributed by atoms with Gasteiger partial charge in [-0.05, 0) is 55.5 Å². The lowest BCUT2D eigenvalue weighted by Crippen LogP contribution is -2.43. The summed E-state index contributed by atoms with van der Waals surface area (Å²) in [6, 6.07) is 14.1. The number of aromatic nitrogens is 7. The highest BCUT2D eigenvalue weighted by Crippen LogP contribution is 2.33. The van der Waals surface area contributed by atoms with E-state index in [4.69, 9.17) is 5.10 Å². The maximum Gasteiger partial charge on any atom is 0.180 e. The van der Waals surface area contributed by atoms with Crippen molar-refractivity contribution in [3.05, 3.63) is 95.5 Å². The van der Waals surface area contributed by atoms with Crippen LogP contribution in [-0.4, -0.2) is 53.0 Å². The van der Waals surface area contributed by atoms with E-state index in [9.17, 15) is 9.18 Å². The minimum Gasteiger partial charge on any atom is -0.323 e. The van der Waals surface area contributed by atoms with Gasteiger partial charge in [-0.25, -0.2) is 23.9 Å². The van der Waals surface area contributed by atoms with Gasteiger partial charge in [-0.15, -0.1) is 11.3 Å². The highest BCUT2D eigenvalue weighted by molar-refractivity contribution is 7.17. The number of carbonyl (C=O) groups is 1. The molecule has 11 heteroatoms. The van der Waals surface area contributed by atoms with Crippen molar-refractivity contribution in [1.82, 2.24) is 39.4 Å². The number of rotatable bonds is 7. The molecule has 1 N–H and O–H groups in total. The van der Waals surface area contributed by atoms with E-state index in [1.807, 2.05) is 37.5 Å². The monoisotopic (exact) mass is 550 g/mol. The summed E-state index contributed by atoms with van der Waals surface area (Å²) in [6.45, 7) is 3.53. The third-order valence-corrected chi connectivity index (χ3v) is 8.24. The Hall–Kier alpha value is -4.61. The molecule has 6 aromatic rings. The molecule has 5 aromatic heterocycles. The molecule has 0 amide bonds. The molecule has 0 radical (unpaired) electrons. The van der Waals surface area contributed by atoms with Gasteiger partial charge in [-0.2, -0.15) is 5.10 Å². The molecule has 198 valence electrons. The van der Waals surface area contributed by atoms with Crippen LogP contribution >= 0.6 is 11.3 Å². The van der Waals surface area contributed by atoms with Crippen molar-refractivity contribution in [2.24, 2.45) is 0 Å². The molecule has 0 atom stereocenters. The molecule has 1 saturated heterocycles. The van der Waals surface area contributed by atoms with Gasteiger partial charge in [0.15, 0.2) is 11.4 Å². The Bertz CT molecular complexity index is 1850. The van der Waals surface area contributed by atoms with Gasteiger partial charge in [-0.3, -0.25) is 9.78 Å². The molecule has 0 spiro atoms. The first-order valence-electron chi connectivity index (χ1n) is 12.8. The van der Waals surface area contributed by atoms with Gasteiger partial charge < -0.3 is 9.88 Å². The topological polar surface area (TPSA) is 103 Å². The van der Waals surface area contributed by atoms with Crippen molar-refractivity contribution in [1.29, 1.82) is 0 Å². The molecule has 0 unspecified atom stereocenters. The average molecular weight is 551 g/mol. The Balaban J connectivity index is 1.20. The van der Waals surface area contributed by atoms with Crippen molar-refractivity contribution in [3.63, 3.8) is 0 Å². The molecule has 0 saturated carbocycles. The predicted molar refractivity (Wildman–Crippen MR) is 150 cm³/mol. The predicted octanol–water partition coefficient (Wildman–Crippen LogP) is 4.80. The lowest BCUT2D eigenvalue weighted by Gasteiger charge is -2.29. The summed E-state index contributed by atoms with van der Waals surface area (Å²) in [5.41, 5.74) is 6.03. The van der Waals surface area contributed by atoms with Crippen LogP contribution in [0.4, 0.5) is 4.39 Å². The number of nitrogens with zero attached hydrogens (tertiary/aromatic N) is 7. The molecule has 40 heavy (non-hydrogen) atoms. The normalized spacial score (nSPS) is 13.6. The van der Waals surface area contributed by atoms with E-state index in [1.54, 1.807) is 35.2 Å². The van der Waals surface area contributed by atoms with Crippen LogP contribution in [0.5, 0.6) is 0 Å². The smallest absolute Gasteiger partial charge is 0.180 e. The molecule has 9 nitrogen and oxygen atoms in total. The zero-order valence-electron chi connectivity index (χ0n) is 21.5. The lowest BCUT2D eigenvalue weighted by molar-refractivity contribution is 0.0995. The van der Waals surface area contributed by atoms with Crippen LogP contribution < -0.4 is 5.32 Å². The first kappa shape index (κ1) is 24.4. The molecule has 1 aliphatic rings. The van der Waals surface area contributed by atoms with Gasteiger partial charge in [0.05, 0.1) is 52.6 Å². The van der Waals surface area contributed by atoms with E-state index in [0.717, 1.165) is 40.6 Å². The molecule has 7 rings (SSSR count). The third kappa shape index (κ3) is 4.38. The fourth-order valence-corrected chi connectivity index (χ4v) is 5.85. The van der Waals surface area contributed by atoms with Gasteiger partial charge in [0, 0.05) is 36.6 Å². The minimum absolute atomic E-state index is 0.0342. The fourth-order valence-electron chi connectivity index (χ4n) is 4.84. The quantitative estimate of drug-likeness (QED) is 0.285. The molecule has 1 fully saturated rings. The van der Waals surface area contributed by atoms with Crippen molar-refractivity contribution in [2.45, 2.75) is 19.4 Å². The number of ketones is 1. The molecule has 0 aliphatic carbocycles. The van der Waals surface area contributed by atoms with Crippen LogP contribution in [0, 0.1) is 12.7 Å². The number of hydrogen-bond donors (Lipinski definition) is 1. The zero-order valence-corrected chi connectivity index (χ0v) is 22.3. The van der Waals surface area contributed by atoms with Crippen LogP contribution in [0.3, 0.4) is 0 Å². The Kier molecular flexibility index (Phi) is 6.02. The number of aryl methyl sites for hydroxylation is 1. The summed E-state index contributed by atoms with van der Waals surface area (Å²) in [5, 5.41) is 8.95. The van der Waals surface area contributed by atoms with Crippen LogP contribution in [0.15, 0.2) is 73.4 Å². The number of carbonyl (C=O) groups excluding carboxylic acids is 1. The maximum atomic E-state index is 13.6. The first-order valence-corrected chi connectivity index (χ1v) is 13.7. The molecular formula is C29H23FN8OS.